The molecule has 1 saturated heterocycles. The lowest BCUT2D eigenvalue weighted by Crippen LogP contribution is -2.28. The van der Waals surface area contributed by atoms with Crippen LogP contribution in [0.3, 0.4) is 0 Å². The number of methoxy groups -OCH3 is 1. The van der Waals surface area contributed by atoms with Crippen molar-refractivity contribution in [3.05, 3.63) is 58.1 Å². The van der Waals surface area contributed by atoms with E-state index in [4.69, 9.17) is 4.74 Å². The molecule has 1 atom stereocenters. The number of nitro groups is 1. The van der Waals surface area contributed by atoms with E-state index >= 15 is 0 Å². The number of benzene rings is 2. The number of anilines is 2. The van der Waals surface area contributed by atoms with Crippen LogP contribution >= 0.6 is 0 Å². The Bertz CT molecular complexity index is 895. The molecule has 1 aliphatic heterocycles. The number of ether oxygens (including phenoxy) is 1. The van der Waals surface area contributed by atoms with Crippen LogP contribution in [0.2, 0.25) is 0 Å². The van der Waals surface area contributed by atoms with Crippen molar-refractivity contribution in [2.45, 2.75) is 13.3 Å². The molecule has 1 aliphatic rings. The van der Waals surface area contributed by atoms with Crippen LogP contribution in [0.1, 0.15) is 12.0 Å². The number of carbonyl (C=O) groups excluding carboxylic acids is 2. The molecule has 8 nitrogen and oxygen atoms in total. The predicted molar refractivity (Wildman–Crippen MR) is 99.9 cm³/mol. The normalized spacial score (nSPS) is 16.3. The van der Waals surface area contributed by atoms with Crippen molar-refractivity contribution >= 4 is 28.9 Å². The summed E-state index contributed by atoms with van der Waals surface area (Å²) in [5.74, 6) is -0.768. The molecule has 8 heteroatoms. The number of amides is 2. The van der Waals surface area contributed by atoms with E-state index < -0.39 is 10.8 Å². The molecule has 0 radical (unpaired) electrons. The first-order valence-electron chi connectivity index (χ1n) is 8.39. The molecule has 2 amide bonds. The summed E-state index contributed by atoms with van der Waals surface area (Å²) in [6.07, 6.45) is 0.106. The Labute approximate surface area is 155 Å². The lowest BCUT2D eigenvalue weighted by Gasteiger charge is -2.17. The molecule has 2 aromatic carbocycles. The topological polar surface area (TPSA) is 102 Å². The van der Waals surface area contributed by atoms with Gasteiger partial charge in [0.1, 0.15) is 5.75 Å². The Morgan fingerprint density at radius 2 is 1.96 bits per heavy atom. The van der Waals surface area contributed by atoms with Gasteiger partial charge in [0.25, 0.3) is 5.69 Å². The van der Waals surface area contributed by atoms with E-state index in [1.165, 1.54) is 25.3 Å². The van der Waals surface area contributed by atoms with Gasteiger partial charge >= 0.3 is 0 Å². The van der Waals surface area contributed by atoms with Crippen molar-refractivity contribution in [3.63, 3.8) is 0 Å². The molecule has 0 aromatic heterocycles. The summed E-state index contributed by atoms with van der Waals surface area (Å²) in [6.45, 7) is 2.24. The van der Waals surface area contributed by atoms with E-state index in [9.17, 15) is 19.7 Å². The Hall–Kier alpha value is -3.42. The number of non-ortho nitro benzene ring substituents is 1. The van der Waals surface area contributed by atoms with E-state index in [2.05, 4.69) is 5.32 Å². The average molecular weight is 369 g/mol. The average Bonchev–Trinajstić information content (AvgIpc) is 3.04. The summed E-state index contributed by atoms with van der Waals surface area (Å²) in [6, 6.07) is 11.5. The molecular formula is C19H19N3O5. The van der Waals surface area contributed by atoms with Crippen molar-refractivity contribution in [1.82, 2.24) is 0 Å². The maximum absolute atomic E-state index is 12.6. The van der Waals surface area contributed by atoms with Crippen LogP contribution in [0.4, 0.5) is 17.1 Å². The van der Waals surface area contributed by atoms with Crippen LogP contribution in [-0.4, -0.2) is 30.4 Å². The summed E-state index contributed by atoms with van der Waals surface area (Å²) in [5, 5.41) is 13.6. The fourth-order valence-corrected chi connectivity index (χ4v) is 2.99. The van der Waals surface area contributed by atoms with E-state index in [1.807, 2.05) is 31.2 Å². The first kappa shape index (κ1) is 18.4. The van der Waals surface area contributed by atoms with Gasteiger partial charge in [0.15, 0.2) is 0 Å². The molecule has 2 aromatic rings. The smallest absolute Gasteiger partial charge is 0.273 e. The lowest BCUT2D eigenvalue weighted by molar-refractivity contribution is -0.384. The molecule has 1 fully saturated rings. The molecule has 0 bridgehead atoms. The zero-order valence-corrected chi connectivity index (χ0v) is 15.0. The highest BCUT2D eigenvalue weighted by Crippen LogP contribution is 2.31. The molecule has 140 valence electrons. The quantitative estimate of drug-likeness (QED) is 0.645. The molecule has 1 heterocycles. The lowest BCUT2D eigenvalue weighted by atomic mass is 10.1. The first-order valence-corrected chi connectivity index (χ1v) is 8.39. The highest BCUT2D eigenvalue weighted by molar-refractivity contribution is 6.04. The summed E-state index contributed by atoms with van der Waals surface area (Å²) < 4.78 is 5.13. The SMILES string of the molecule is COc1cc([N+](=O)[O-])ccc1NC(=O)C1CC(=O)N(c2ccc(C)cc2)C1. The van der Waals surface area contributed by atoms with Crippen LogP contribution in [0.25, 0.3) is 0 Å². The zero-order chi connectivity index (χ0) is 19.6. The Balaban J connectivity index is 1.73. The van der Waals surface area contributed by atoms with Gasteiger partial charge in [-0.1, -0.05) is 17.7 Å². The predicted octanol–water partition coefficient (Wildman–Crippen LogP) is 2.90. The highest BCUT2D eigenvalue weighted by atomic mass is 16.6. The first-order chi connectivity index (χ1) is 12.9. The van der Waals surface area contributed by atoms with Gasteiger partial charge in [0.2, 0.25) is 11.8 Å². The number of hydrogen-bond acceptors (Lipinski definition) is 5. The second-order valence-electron chi connectivity index (χ2n) is 6.37. The summed E-state index contributed by atoms with van der Waals surface area (Å²) in [4.78, 5) is 36.8. The fourth-order valence-electron chi connectivity index (χ4n) is 2.99. The van der Waals surface area contributed by atoms with Gasteiger partial charge in [0, 0.05) is 24.7 Å². The minimum atomic E-state index is -0.538. The maximum atomic E-state index is 12.6. The number of rotatable bonds is 5. The summed E-state index contributed by atoms with van der Waals surface area (Å²) in [7, 11) is 1.37. The third-order valence-corrected chi connectivity index (χ3v) is 4.50. The van der Waals surface area contributed by atoms with Gasteiger partial charge < -0.3 is 15.0 Å². The molecule has 3 rings (SSSR count). The third kappa shape index (κ3) is 3.89. The molecule has 0 aliphatic carbocycles. The number of carbonyl (C=O) groups is 2. The number of nitrogens with one attached hydrogen (secondary N) is 1. The molecule has 1 unspecified atom stereocenters. The van der Waals surface area contributed by atoms with Gasteiger partial charge in [-0.3, -0.25) is 19.7 Å². The van der Waals surface area contributed by atoms with Crippen molar-refractivity contribution in [2.24, 2.45) is 5.92 Å². The third-order valence-electron chi connectivity index (χ3n) is 4.50. The fraction of sp³-hybridized carbons (Fsp3) is 0.263. The van der Waals surface area contributed by atoms with Gasteiger partial charge in [-0.25, -0.2) is 0 Å². The summed E-state index contributed by atoms with van der Waals surface area (Å²) in [5.41, 5.74) is 2.04. The van der Waals surface area contributed by atoms with Crippen LogP contribution in [0.5, 0.6) is 5.75 Å². The molecular weight excluding hydrogens is 350 g/mol. The molecule has 0 saturated carbocycles. The number of nitro benzene ring substituents is 1. The van der Waals surface area contributed by atoms with Gasteiger partial charge in [-0.05, 0) is 25.1 Å². The van der Waals surface area contributed by atoms with E-state index in [1.54, 1.807) is 4.90 Å². The second-order valence-corrected chi connectivity index (χ2v) is 6.37. The second kappa shape index (κ2) is 7.45. The largest absolute Gasteiger partial charge is 0.494 e. The monoisotopic (exact) mass is 369 g/mol. The molecule has 1 N–H and O–H groups in total. The zero-order valence-electron chi connectivity index (χ0n) is 15.0. The maximum Gasteiger partial charge on any atom is 0.273 e. The Morgan fingerprint density at radius 3 is 2.59 bits per heavy atom. The van der Waals surface area contributed by atoms with E-state index in [-0.39, 0.29) is 36.2 Å². The molecule has 0 spiro atoms. The Morgan fingerprint density at radius 1 is 1.26 bits per heavy atom. The minimum absolute atomic E-state index is 0.106. The van der Waals surface area contributed by atoms with E-state index in [0.717, 1.165) is 11.3 Å². The van der Waals surface area contributed by atoms with Crippen molar-refractivity contribution in [2.75, 3.05) is 23.9 Å². The number of aryl methyl sites for hydroxylation is 1. The van der Waals surface area contributed by atoms with Crippen molar-refractivity contribution in [3.8, 4) is 5.75 Å². The van der Waals surface area contributed by atoms with Gasteiger partial charge in [-0.2, -0.15) is 0 Å². The number of nitrogens with zero attached hydrogens (tertiary/aromatic N) is 2. The van der Waals surface area contributed by atoms with Crippen LogP contribution < -0.4 is 15.0 Å². The Kier molecular flexibility index (Phi) is 5.07. The van der Waals surface area contributed by atoms with E-state index in [0.29, 0.717) is 5.69 Å². The minimum Gasteiger partial charge on any atom is -0.494 e. The summed E-state index contributed by atoms with van der Waals surface area (Å²) >= 11 is 0. The van der Waals surface area contributed by atoms with Crippen LogP contribution in [0, 0.1) is 23.0 Å². The standard InChI is InChI=1S/C19H19N3O5/c1-12-3-5-14(6-4-12)21-11-13(9-18(21)23)19(24)20-16-8-7-15(22(25)26)10-17(16)27-2/h3-8,10,13H,9,11H2,1-2H3,(H,20,24). The van der Waals surface area contributed by atoms with Gasteiger partial charge in [0.05, 0.1) is 29.7 Å². The van der Waals surface area contributed by atoms with Gasteiger partial charge in [-0.15, -0.1) is 0 Å². The molecule has 27 heavy (non-hydrogen) atoms. The highest BCUT2D eigenvalue weighted by Gasteiger charge is 2.35. The van der Waals surface area contributed by atoms with Crippen molar-refractivity contribution in [1.29, 1.82) is 0 Å². The van der Waals surface area contributed by atoms with Crippen LogP contribution in [0.15, 0.2) is 42.5 Å². The number of hydrogen-bond donors (Lipinski definition) is 1. The van der Waals surface area contributed by atoms with Crippen LogP contribution in [-0.2, 0) is 9.59 Å². The van der Waals surface area contributed by atoms with Crippen molar-refractivity contribution < 1.29 is 19.2 Å².